The number of amides is 2. The van der Waals surface area contributed by atoms with Crippen molar-refractivity contribution >= 4 is 46.3 Å². The van der Waals surface area contributed by atoms with E-state index in [2.05, 4.69) is 49.5 Å². The average molecular weight is 815 g/mol. The Bertz CT molecular complexity index is 2180. The van der Waals surface area contributed by atoms with Gasteiger partial charge in [0, 0.05) is 49.8 Å². The van der Waals surface area contributed by atoms with Crippen molar-refractivity contribution in [2.75, 3.05) is 27.3 Å². The molecular formula is C50H62N4O6. The largest absolute Gasteiger partial charge is 0.469 e. The van der Waals surface area contributed by atoms with Crippen molar-refractivity contribution in [2.45, 2.75) is 129 Å². The lowest BCUT2D eigenvalue weighted by atomic mass is 9.74. The second-order valence-corrected chi connectivity index (χ2v) is 19.1. The number of rotatable bonds is 13. The monoisotopic (exact) mass is 814 g/mol. The van der Waals surface area contributed by atoms with Gasteiger partial charge in [0.25, 0.3) is 0 Å². The molecule has 2 bridgehead atoms. The van der Waals surface area contributed by atoms with E-state index in [1.165, 1.54) is 66.9 Å². The Balaban J connectivity index is 0.970. The second-order valence-electron chi connectivity index (χ2n) is 19.1. The average Bonchev–Trinajstić information content (AvgIpc) is 4.11. The van der Waals surface area contributed by atoms with Gasteiger partial charge in [0.1, 0.15) is 0 Å². The van der Waals surface area contributed by atoms with Crippen LogP contribution in [0.4, 0.5) is 0 Å². The Morgan fingerprint density at radius 1 is 0.700 bits per heavy atom. The number of aliphatic imine (C=N–C) groups is 2. The summed E-state index contributed by atoms with van der Waals surface area (Å²) in [5.41, 5.74) is 12.6. The third-order valence-corrected chi connectivity index (χ3v) is 14.7. The van der Waals surface area contributed by atoms with E-state index >= 15 is 0 Å². The Morgan fingerprint density at radius 2 is 1.20 bits per heavy atom. The van der Waals surface area contributed by atoms with Crippen LogP contribution in [0.25, 0.3) is 22.3 Å². The molecule has 2 amide bonds. The zero-order valence-electron chi connectivity index (χ0n) is 36.6. The number of methoxy groups -OCH3 is 2. The van der Waals surface area contributed by atoms with Gasteiger partial charge in [0.15, 0.2) is 0 Å². The number of carbonyl (C=O) groups is 4. The summed E-state index contributed by atoms with van der Waals surface area (Å²) >= 11 is 0. The number of carbonyl (C=O) groups excluding carboxylic acids is 4. The lowest BCUT2D eigenvalue weighted by Gasteiger charge is -2.31. The molecule has 2 aromatic rings. The van der Waals surface area contributed by atoms with Crippen molar-refractivity contribution in [1.29, 1.82) is 0 Å². The van der Waals surface area contributed by atoms with E-state index in [-0.39, 0.29) is 65.9 Å². The smallest absolute Gasteiger partial charge is 0.306 e. The summed E-state index contributed by atoms with van der Waals surface area (Å²) in [6, 6.07) is 13.5. The fraction of sp³-hybridized carbons (Fsp3) is 0.560. The normalized spacial score (nSPS) is 25.3. The third kappa shape index (κ3) is 7.68. The molecule has 318 valence electrons. The van der Waals surface area contributed by atoms with Gasteiger partial charge in [-0.15, -0.1) is 0 Å². The molecule has 60 heavy (non-hydrogen) atoms. The molecule has 0 N–H and O–H groups in total. The minimum Gasteiger partial charge on any atom is -0.469 e. The van der Waals surface area contributed by atoms with Crippen LogP contribution in [0.15, 0.2) is 58.8 Å². The van der Waals surface area contributed by atoms with Gasteiger partial charge >= 0.3 is 11.9 Å². The predicted octanol–water partition coefficient (Wildman–Crippen LogP) is 8.92. The summed E-state index contributed by atoms with van der Waals surface area (Å²) in [6.45, 7) is 11.8. The number of fused-ring (bicyclic) bond motifs is 5. The number of allylic oxidation sites excluding steroid dienone is 2. The maximum absolute atomic E-state index is 13.9. The molecule has 0 spiro atoms. The molecular weight excluding hydrogens is 753 g/mol. The fourth-order valence-electron chi connectivity index (χ4n) is 11.4. The molecule has 2 unspecified atom stereocenters. The Morgan fingerprint density at radius 3 is 1.73 bits per heavy atom. The summed E-state index contributed by atoms with van der Waals surface area (Å²) < 4.78 is 9.86. The lowest BCUT2D eigenvalue weighted by molar-refractivity contribution is -0.148. The van der Waals surface area contributed by atoms with Crippen LogP contribution < -0.4 is 0 Å². The molecule has 3 fully saturated rings. The quantitative estimate of drug-likeness (QED) is 0.187. The molecule has 0 radical (unpaired) electrons. The van der Waals surface area contributed by atoms with Gasteiger partial charge in [-0.2, -0.15) is 0 Å². The first kappa shape index (κ1) is 41.9. The van der Waals surface area contributed by atoms with Crippen molar-refractivity contribution in [3.8, 4) is 11.1 Å². The lowest BCUT2D eigenvalue weighted by Crippen LogP contribution is -2.45. The van der Waals surface area contributed by atoms with Crippen molar-refractivity contribution in [3.63, 3.8) is 0 Å². The number of likely N-dealkylation sites (tertiary alicyclic amines) is 2. The highest BCUT2D eigenvalue weighted by molar-refractivity contribution is 6.05. The van der Waals surface area contributed by atoms with E-state index in [1.807, 2.05) is 43.7 Å². The highest BCUT2D eigenvalue weighted by Crippen LogP contribution is 2.61. The maximum atomic E-state index is 13.9. The molecule has 4 heterocycles. The van der Waals surface area contributed by atoms with E-state index in [9.17, 15) is 19.2 Å². The van der Waals surface area contributed by atoms with E-state index in [4.69, 9.17) is 19.5 Å². The first-order valence-electron chi connectivity index (χ1n) is 22.4. The number of nitrogens with zero attached hydrogens (tertiary/aromatic N) is 4. The number of esters is 2. The molecule has 1 saturated carbocycles. The minimum atomic E-state index is -0.405. The number of ether oxygens (including phenoxy) is 2. The highest BCUT2D eigenvalue weighted by atomic mass is 16.5. The summed E-state index contributed by atoms with van der Waals surface area (Å²) in [5.74, 6) is -0.850. The van der Waals surface area contributed by atoms with Gasteiger partial charge in [-0.25, -0.2) is 0 Å². The summed E-state index contributed by atoms with van der Waals surface area (Å²) in [6.07, 6.45) is 12.9. The van der Waals surface area contributed by atoms with Crippen LogP contribution in [0, 0.1) is 23.7 Å². The number of benzene rings is 2. The van der Waals surface area contributed by atoms with Crippen molar-refractivity contribution in [1.82, 2.24) is 9.80 Å². The summed E-state index contributed by atoms with van der Waals surface area (Å²) in [5, 5.41) is 0. The van der Waals surface area contributed by atoms with Gasteiger partial charge in [0.05, 0.1) is 51.0 Å². The van der Waals surface area contributed by atoms with E-state index in [0.717, 1.165) is 54.7 Å². The van der Waals surface area contributed by atoms with Gasteiger partial charge < -0.3 is 19.3 Å². The molecule has 2 saturated heterocycles. The van der Waals surface area contributed by atoms with E-state index in [1.54, 1.807) is 0 Å². The molecule has 6 atom stereocenters. The highest BCUT2D eigenvalue weighted by Gasteiger charge is 2.49. The van der Waals surface area contributed by atoms with Gasteiger partial charge in [-0.1, -0.05) is 71.0 Å². The minimum absolute atomic E-state index is 0.0255. The Kier molecular flexibility index (Phi) is 11.8. The molecule has 8 rings (SSSR count). The van der Waals surface area contributed by atoms with Crippen molar-refractivity contribution < 1.29 is 28.7 Å². The van der Waals surface area contributed by atoms with Crippen LogP contribution in [0.2, 0.25) is 0 Å². The van der Waals surface area contributed by atoms with Crippen molar-refractivity contribution in [2.24, 2.45) is 33.7 Å². The molecule has 10 nitrogen and oxygen atoms in total. The van der Waals surface area contributed by atoms with Crippen LogP contribution in [-0.2, 0) is 34.1 Å². The molecule has 0 aromatic heterocycles. The number of hydrogen-bond acceptors (Lipinski definition) is 8. The summed E-state index contributed by atoms with van der Waals surface area (Å²) in [4.78, 5) is 65.9. The van der Waals surface area contributed by atoms with E-state index < -0.39 is 11.8 Å². The zero-order chi connectivity index (χ0) is 42.5. The topological polar surface area (TPSA) is 118 Å². The Hall–Kier alpha value is -4.86. The standard InChI is InChI=1S/C50H62N4O6/c1-29(2)38(24-44(55)59-6)48(57)53-20-8-10-42(53)40-22-34(27-51-40)31-12-14-32(15-13-31)36-16-17-37(47-46(36)33-18-19-50(47,5)26-33)35-23-41(52-28-35)43-11-9-21-54(43)49(58)39(30(3)4)25-45(56)60-7/h12-17,27-30,33,38-39,42-43H,8-11,18-26H2,1-7H3/t33?,38-,39+,42-,43+,50?/m0/s1. The molecule has 2 aromatic carbocycles. The third-order valence-electron chi connectivity index (χ3n) is 14.7. The molecule has 6 aliphatic rings. The van der Waals surface area contributed by atoms with Gasteiger partial charge in [-0.3, -0.25) is 29.2 Å². The first-order valence-corrected chi connectivity index (χ1v) is 22.4. The van der Waals surface area contributed by atoms with E-state index in [0.29, 0.717) is 25.4 Å². The second kappa shape index (κ2) is 16.9. The van der Waals surface area contributed by atoms with Crippen LogP contribution in [0.3, 0.4) is 0 Å². The van der Waals surface area contributed by atoms with Gasteiger partial charge in [0.2, 0.25) is 11.8 Å². The maximum Gasteiger partial charge on any atom is 0.306 e. The molecule has 4 aliphatic heterocycles. The SMILES string of the molecule is COC(=O)C[C@H](C(=O)N1CCC[C@H]1C1=NC=C(c2ccc(-c3ccc(C4=CN=C([C@H]5CCCN5C(=O)[C@H](CC(=O)OC)C(C)C)C4)c4c3C3CCC4(C)C3)cc2)C1)C(C)C. The van der Waals surface area contributed by atoms with Crippen LogP contribution >= 0.6 is 0 Å². The molecule has 2 aliphatic carbocycles. The van der Waals surface area contributed by atoms with Crippen molar-refractivity contribution in [3.05, 3.63) is 71.1 Å². The zero-order valence-corrected chi connectivity index (χ0v) is 36.6. The first-order chi connectivity index (χ1) is 28.8. The van der Waals surface area contributed by atoms with Crippen LogP contribution in [0.5, 0.6) is 0 Å². The van der Waals surface area contributed by atoms with Crippen LogP contribution in [0.1, 0.15) is 133 Å². The Labute approximate surface area is 355 Å². The fourth-order valence-corrected chi connectivity index (χ4v) is 11.4. The molecule has 10 heteroatoms. The summed E-state index contributed by atoms with van der Waals surface area (Å²) in [7, 11) is 2.76. The van der Waals surface area contributed by atoms with Crippen LogP contribution in [-0.4, -0.2) is 84.4 Å². The van der Waals surface area contributed by atoms with Gasteiger partial charge in [-0.05, 0) is 113 Å². The number of hydrogen-bond donors (Lipinski definition) is 0. The predicted molar refractivity (Wildman–Crippen MR) is 235 cm³/mol.